The van der Waals surface area contributed by atoms with Crippen LogP contribution < -0.4 is 4.74 Å². The Morgan fingerprint density at radius 2 is 1.94 bits per heavy atom. The zero-order valence-corrected chi connectivity index (χ0v) is 10.9. The summed E-state index contributed by atoms with van der Waals surface area (Å²) in [5.41, 5.74) is -0.0237. The molecule has 0 fully saturated rings. The highest BCUT2D eigenvalue weighted by molar-refractivity contribution is 6.36. The lowest BCUT2D eigenvalue weighted by Crippen LogP contribution is -2.03. The van der Waals surface area contributed by atoms with Gasteiger partial charge in [-0.3, -0.25) is 0 Å². The molecule has 0 unspecified atom stereocenters. The van der Waals surface area contributed by atoms with Gasteiger partial charge in [-0.2, -0.15) is 0 Å². The van der Waals surface area contributed by atoms with Crippen molar-refractivity contribution in [3.63, 3.8) is 0 Å². The number of hydrogen-bond donors (Lipinski definition) is 1. The van der Waals surface area contributed by atoms with Crippen molar-refractivity contribution in [3.8, 4) is 5.75 Å². The molecule has 90 valence electrons. The Hall–Kier alpha value is -0.930. The van der Waals surface area contributed by atoms with Gasteiger partial charge >= 0.3 is 5.97 Å². The number of halogens is 2. The number of carboxylic acid groups (broad SMARTS) is 1. The smallest absolute Gasteiger partial charge is 0.339 e. The molecule has 16 heavy (non-hydrogen) atoms. The van der Waals surface area contributed by atoms with Gasteiger partial charge in [-0.25, -0.2) is 4.79 Å². The zero-order valence-electron chi connectivity index (χ0n) is 9.38. The molecular formula is C11H14Cl2O3. The molecule has 0 atom stereocenters. The van der Waals surface area contributed by atoms with Gasteiger partial charge in [0.05, 0.1) is 11.6 Å². The Kier molecular flexibility index (Phi) is 6.93. The van der Waals surface area contributed by atoms with Gasteiger partial charge in [-0.15, -0.1) is 0 Å². The molecule has 0 aliphatic rings. The van der Waals surface area contributed by atoms with Gasteiger partial charge < -0.3 is 9.84 Å². The van der Waals surface area contributed by atoms with Crippen molar-refractivity contribution in [2.45, 2.75) is 20.8 Å². The lowest BCUT2D eigenvalue weighted by atomic mass is 10.2. The van der Waals surface area contributed by atoms with E-state index in [0.29, 0.717) is 6.61 Å². The number of aromatic carboxylic acids is 1. The molecule has 0 bridgehead atoms. The minimum absolute atomic E-state index is 0.0237. The summed E-state index contributed by atoms with van der Waals surface area (Å²) in [5, 5.41) is 9.32. The first-order chi connectivity index (χ1) is 7.56. The van der Waals surface area contributed by atoms with Crippen LogP contribution in [0.5, 0.6) is 5.75 Å². The third kappa shape index (κ3) is 3.91. The molecule has 0 saturated carbocycles. The standard InChI is InChI=1S/C9H8Cl2O3.C2H6/c1-2-14-8-6(9(12)13)3-5(10)4-7(8)11;1-2/h3-4H,2H2,1H3,(H,12,13);1-2H3. The molecule has 0 aliphatic heterocycles. The van der Waals surface area contributed by atoms with E-state index in [1.165, 1.54) is 12.1 Å². The SMILES string of the molecule is CC.CCOc1c(Cl)cc(Cl)cc1C(=O)O. The fourth-order valence-electron chi connectivity index (χ4n) is 1.01. The molecule has 5 heteroatoms. The van der Waals surface area contributed by atoms with Crippen molar-refractivity contribution < 1.29 is 14.6 Å². The van der Waals surface area contributed by atoms with Gasteiger partial charge in [0.1, 0.15) is 5.56 Å². The first-order valence-electron chi connectivity index (χ1n) is 4.91. The summed E-state index contributed by atoms with van der Waals surface area (Å²) in [7, 11) is 0. The lowest BCUT2D eigenvalue weighted by Gasteiger charge is -2.09. The van der Waals surface area contributed by atoms with Crippen molar-refractivity contribution in [2.75, 3.05) is 6.61 Å². The van der Waals surface area contributed by atoms with Crippen LogP contribution >= 0.6 is 23.2 Å². The van der Waals surface area contributed by atoms with Crippen LogP contribution in [0.4, 0.5) is 0 Å². The summed E-state index contributed by atoms with van der Waals surface area (Å²) >= 11 is 11.4. The Labute approximate surface area is 105 Å². The Morgan fingerprint density at radius 1 is 1.38 bits per heavy atom. The van der Waals surface area contributed by atoms with Crippen LogP contribution in [0, 0.1) is 0 Å². The van der Waals surface area contributed by atoms with E-state index in [1.807, 2.05) is 13.8 Å². The maximum Gasteiger partial charge on any atom is 0.339 e. The molecule has 1 N–H and O–H groups in total. The predicted molar refractivity (Wildman–Crippen MR) is 65.9 cm³/mol. The van der Waals surface area contributed by atoms with Crippen molar-refractivity contribution in [2.24, 2.45) is 0 Å². The quantitative estimate of drug-likeness (QED) is 0.894. The highest BCUT2D eigenvalue weighted by Gasteiger charge is 2.15. The first kappa shape index (κ1) is 15.1. The third-order valence-corrected chi connectivity index (χ3v) is 2.03. The van der Waals surface area contributed by atoms with Crippen LogP contribution in [-0.2, 0) is 0 Å². The van der Waals surface area contributed by atoms with Crippen LogP contribution in [0.3, 0.4) is 0 Å². The second kappa shape index (κ2) is 7.36. The fourth-order valence-corrected chi connectivity index (χ4v) is 1.56. The topological polar surface area (TPSA) is 46.5 Å². The summed E-state index contributed by atoms with van der Waals surface area (Å²) in [6, 6.07) is 2.75. The van der Waals surface area contributed by atoms with Crippen LogP contribution in [0.15, 0.2) is 12.1 Å². The van der Waals surface area contributed by atoms with Crippen molar-refractivity contribution in [1.29, 1.82) is 0 Å². The largest absolute Gasteiger partial charge is 0.491 e. The Balaban J connectivity index is 0.00000106. The van der Waals surface area contributed by atoms with Crippen molar-refractivity contribution in [3.05, 3.63) is 27.7 Å². The second-order valence-corrected chi connectivity index (χ2v) is 3.35. The van der Waals surface area contributed by atoms with Gasteiger partial charge in [-0.05, 0) is 19.1 Å². The van der Waals surface area contributed by atoms with E-state index in [9.17, 15) is 4.79 Å². The molecule has 3 nitrogen and oxygen atoms in total. The number of carboxylic acids is 1. The number of rotatable bonds is 3. The lowest BCUT2D eigenvalue weighted by molar-refractivity contribution is 0.0692. The molecule has 0 aromatic heterocycles. The third-order valence-electron chi connectivity index (χ3n) is 1.53. The zero-order chi connectivity index (χ0) is 12.7. The van der Waals surface area contributed by atoms with E-state index >= 15 is 0 Å². The summed E-state index contributed by atoms with van der Waals surface area (Å²) < 4.78 is 5.11. The molecule has 0 radical (unpaired) electrons. The number of benzene rings is 1. The number of ether oxygens (including phenoxy) is 1. The van der Waals surface area contributed by atoms with Crippen LogP contribution in [0.2, 0.25) is 10.0 Å². The first-order valence-corrected chi connectivity index (χ1v) is 5.67. The van der Waals surface area contributed by atoms with E-state index in [0.717, 1.165) is 0 Å². The van der Waals surface area contributed by atoms with Gasteiger partial charge in [-0.1, -0.05) is 37.0 Å². The van der Waals surface area contributed by atoms with E-state index in [-0.39, 0.29) is 21.4 Å². The minimum atomic E-state index is -1.11. The molecule has 1 aromatic carbocycles. The predicted octanol–water partition coefficient (Wildman–Crippen LogP) is 4.12. The number of hydrogen-bond acceptors (Lipinski definition) is 2. The van der Waals surface area contributed by atoms with Crippen molar-refractivity contribution in [1.82, 2.24) is 0 Å². The maximum absolute atomic E-state index is 10.8. The molecular weight excluding hydrogens is 251 g/mol. The molecule has 1 aromatic rings. The maximum atomic E-state index is 10.8. The molecule has 0 spiro atoms. The van der Waals surface area contributed by atoms with Crippen molar-refractivity contribution >= 4 is 29.2 Å². The van der Waals surface area contributed by atoms with Crippen LogP contribution in [0.25, 0.3) is 0 Å². The molecule has 1 rings (SSSR count). The average molecular weight is 265 g/mol. The molecule has 0 aliphatic carbocycles. The molecule has 0 amide bonds. The highest BCUT2D eigenvalue weighted by Crippen LogP contribution is 2.32. The van der Waals surface area contributed by atoms with E-state index < -0.39 is 5.97 Å². The van der Waals surface area contributed by atoms with E-state index in [2.05, 4.69) is 0 Å². The summed E-state index contributed by atoms with van der Waals surface area (Å²) in [6.07, 6.45) is 0. The Bertz CT molecular complexity index is 364. The van der Waals surface area contributed by atoms with Crippen LogP contribution in [-0.4, -0.2) is 17.7 Å². The van der Waals surface area contributed by atoms with Gasteiger partial charge in [0.2, 0.25) is 0 Å². The molecule has 0 heterocycles. The summed E-state index contributed by atoms with van der Waals surface area (Å²) in [4.78, 5) is 10.8. The summed E-state index contributed by atoms with van der Waals surface area (Å²) in [5.74, 6) is -0.955. The normalized spacial score (nSPS) is 9.06. The minimum Gasteiger partial charge on any atom is -0.491 e. The van der Waals surface area contributed by atoms with Gasteiger partial charge in [0.25, 0.3) is 0 Å². The highest BCUT2D eigenvalue weighted by atomic mass is 35.5. The fraction of sp³-hybridized carbons (Fsp3) is 0.364. The monoisotopic (exact) mass is 264 g/mol. The Morgan fingerprint density at radius 3 is 2.38 bits per heavy atom. The van der Waals surface area contributed by atoms with Crippen LogP contribution in [0.1, 0.15) is 31.1 Å². The van der Waals surface area contributed by atoms with E-state index in [1.54, 1.807) is 6.92 Å². The van der Waals surface area contributed by atoms with Gasteiger partial charge in [0.15, 0.2) is 5.75 Å². The summed E-state index contributed by atoms with van der Waals surface area (Å²) in [6.45, 7) is 6.10. The average Bonchev–Trinajstić information content (AvgIpc) is 2.24. The number of carbonyl (C=O) groups is 1. The second-order valence-electron chi connectivity index (χ2n) is 2.50. The molecule has 0 saturated heterocycles. The van der Waals surface area contributed by atoms with E-state index in [4.69, 9.17) is 33.0 Å². The van der Waals surface area contributed by atoms with Gasteiger partial charge in [0, 0.05) is 5.02 Å².